The van der Waals surface area contributed by atoms with Gasteiger partial charge in [0.15, 0.2) is 11.6 Å². The maximum Gasteiger partial charge on any atom is 0.163 e. The van der Waals surface area contributed by atoms with Crippen LogP contribution in [0.5, 0.6) is 0 Å². The standard InChI is InChI=1S/C15H19F2N3S/c1-5-18-12(9-7-6-8-10(16)11(9)17)13-14(15(2,3)4)19-20-21-13/h6-8,12,18H,5H2,1-4H3. The summed E-state index contributed by atoms with van der Waals surface area (Å²) in [4.78, 5) is 0.828. The summed E-state index contributed by atoms with van der Waals surface area (Å²) >= 11 is 1.22. The zero-order valence-corrected chi connectivity index (χ0v) is 13.4. The molecule has 2 aromatic rings. The zero-order chi connectivity index (χ0) is 15.6. The summed E-state index contributed by atoms with van der Waals surface area (Å²) in [5.74, 6) is -1.66. The van der Waals surface area contributed by atoms with Gasteiger partial charge in [-0.1, -0.05) is 44.3 Å². The van der Waals surface area contributed by atoms with Gasteiger partial charge < -0.3 is 5.32 Å². The van der Waals surface area contributed by atoms with Crippen molar-refractivity contribution in [3.63, 3.8) is 0 Å². The van der Waals surface area contributed by atoms with E-state index in [2.05, 4.69) is 14.9 Å². The molecular weight excluding hydrogens is 292 g/mol. The largest absolute Gasteiger partial charge is 0.306 e. The lowest BCUT2D eigenvalue weighted by molar-refractivity contribution is 0.480. The second kappa shape index (κ2) is 6.15. The van der Waals surface area contributed by atoms with Crippen LogP contribution in [0.3, 0.4) is 0 Å². The van der Waals surface area contributed by atoms with Crippen LogP contribution in [0.2, 0.25) is 0 Å². The van der Waals surface area contributed by atoms with Crippen LogP contribution < -0.4 is 5.32 Å². The van der Waals surface area contributed by atoms with E-state index in [9.17, 15) is 8.78 Å². The molecule has 1 N–H and O–H groups in total. The first-order valence-electron chi connectivity index (χ1n) is 6.86. The first-order chi connectivity index (χ1) is 9.86. The average Bonchev–Trinajstić information content (AvgIpc) is 2.89. The number of benzene rings is 1. The van der Waals surface area contributed by atoms with E-state index in [0.717, 1.165) is 16.6 Å². The Morgan fingerprint density at radius 1 is 1.29 bits per heavy atom. The fourth-order valence-corrected chi connectivity index (χ4v) is 3.16. The van der Waals surface area contributed by atoms with E-state index in [4.69, 9.17) is 0 Å². The normalized spacial score (nSPS) is 13.4. The van der Waals surface area contributed by atoms with Crippen molar-refractivity contribution in [3.8, 4) is 0 Å². The molecule has 0 saturated carbocycles. The summed E-state index contributed by atoms with van der Waals surface area (Å²) < 4.78 is 31.7. The molecule has 0 amide bonds. The number of rotatable bonds is 4. The quantitative estimate of drug-likeness (QED) is 0.933. The lowest BCUT2D eigenvalue weighted by atomic mass is 9.88. The number of hydrogen-bond donors (Lipinski definition) is 1. The molecule has 0 aliphatic rings. The first kappa shape index (κ1) is 16.0. The minimum absolute atomic E-state index is 0.209. The van der Waals surface area contributed by atoms with Gasteiger partial charge in [-0.25, -0.2) is 8.78 Å². The van der Waals surface area contributed by atoms with Crippen molar-refractivity contribution in [2.75, 3.05) is 6.54 Å². The molecule has 114 valence electrons. The van der Waals surface area contributed by atoms with E-state index >= 15 is 0 Å². The highest BCUT2D eigenvalue weighted by Gasteiger charge is 2.29. The topological polar surface area (TPSA) is 37.8 Å². The molecule has 1 aromatic carbocycles. The molecule has 0 bridgehead atoms. The van der Waals surface area contributed by atoms with Gasteiger partial charge in [-0.3, -0.25) is 0 Å². The molecule has 3 nitrogen and oxygen atoms in total. The first-order valence-corrected chi connectivity index (χ1v) is 7.63. The van der Waals surface area contributed by atoms with E-state index in [-0.39, 0.29) is 11.0 Å². The fourth-order valence-electron chi connectivity index (χ4n) is 2.20. The second-order valence-electron chi connectivity index (χ2n) is 5.87. The molecule has 21 heavy (non-hydrogen) atoms. The van der Waals surface area contributed by atoms with Crippen LogP contribution in [0.4, 0.5) is 8.78 Å². The summed E-state index contributed by atoms with van der Waals surface area (Å²) in [7, 11) is 0. The fraction of sp³-hybridized carbons (Fsp3) is 0.467. The highest BCUT2D eigenvalue weighted by Crippen LogP contribution is 2.34. The van der Waals surface area contributed by atoms with E-state index in [1.807, 2.05) is 27.7 Å². The summed E-state index contributed by atoms with van der Waals surface area (Å²) in [6.07, 6.45) is 0. The molecule has 1 aromatic heterocycles. The molecule has 0 radical (unpaired) electrons. The average molecular weight is 311 g/mol. The number of hydrogen-bond acceptors (Lipinski definition) is 4. The van der Waals surface area contributed by atoms with Crippen LogP contribution in [-0.4, -0.2) is 16.1 Å². The third-order valence-electron chi connectivity index (χ3n) is 3.19. The maximum atomic E-state index is 14.1. The maximum absolute atomic E-state index is 14.1. The van der Waals surface area contributed by atoms with Crippen LogP contribution in [0.15, 0.2) is 18.2 Å². The lowest BCUT2D eigenvalue weighted by Gasteiger charge is -2.23. The van der Waals surface area contributed by atoms with Crippen LogP contribution >= 0.6 is 11.5 Å². The molecule has 1 heterocycles. The van der Waals surface area contributed by atoms with Crippen LogP contribution in [0, 0.1) is 11.6 Å². The molecule has 0 spiro atoms. The monoisotopic (exact) mass is 311 g/mol. The number of nitrogens with one attached hydrogen (secondary N) is 1. The van der Waals surface area contributed by atoms with Crippen LogP contribution in [-0.2, 0) is 5.41 Å². The van der Waals surface area contributed by atoms with Gasteiger partial charge in [-0.05, 0) is 24.1 Å². The summed E-state index contributed by atoms with van der Waals surface area (Å²) in [5, 5.41) is 7.39. The highest BCUT2D eigenvalue weighted by molar-refractivity contribution is 7.05. The number of nitrogens with zero attached hydrogens (tertiary/aromatic N) is 2. The number of halogens is 2. The van der Waals surface area contributed by atoms with Gasteiger partial charge >= 0.3 is 0 Å². The van der Waals surface area contributed by atoms with Crippen molar-refractivity contribution in [3.05, 3.63) is 46.0 Å². The van der Waals surface area contributed by atoms with Gasteiger partial charge in [0, 0.05) is 11.0 Å². The minimum atomic E-state index is -0.842. The van der Waals surface area contributed by atoms with Gasteiger partial charge in [0.25, 0.3) is 0 Å². The summed E-state index contributed by atoms with van der Waals surface area (Å²) in [6.45, 7) is 8.63. The van der Waals surface area contributed by atoms with Crippen molar-refractivity contribution in [1.82, 2.24) is 14.9 Å². The zero-order valence-electron chi connectivity index (χ0n) is 12.6. The Balaban J connectivity index is 2.55. The Morgan fingerprint density at radius 2 is 2.00 bits per heavy atom. The predicted octanol–water partition coefficient (Wildman–Crippen LogP) is 3.81. The van der Waals surface area contributed by atoms with E-state index in [1.54, 1.807) is 6.07 Å². The second-order valence-corrected chi connectivity index (χ2v) is 6.66. The predicted molar refractivity (Wildman–Crippen MR) is 80.5 cm³/mol. The molecule has 0 aliphatic heterocycles. The summed E-state index contributed by atoms with van der Waals surface area (Å²) in [6, 6.07) is 3.79. The molecule has 0 saturated heterocycles. The Hall–Kier alpha value is -1.40. The van der Waals surface area contributed by atoms with Gasteiger partial charge in [-0.2, -0.15) is 0 Å². The molecule has 0 aliphatic carbocycles. The van der Waals surface area contributed by atoms with Crippen molar-refractivity contribution >= 4 is 11.5 Å². The molecule has 1 unspecified atom stereocenters. The molecular formula is C15H19F2N3S. The molecule has 6 heteroatoms. The Kier molecular flexibility index (Phi) is 4.68. The smallest absolute Gasteiger partial charge is 0.163 e. The van der Waals surface area contributed by atoms with Gasteiger partial charge in [0.2, 0.25) is 0 Å². The molecule has 0 fully saturated rings. The SMILES string of the molecule is CCNC(c1cccc(F)c1F)c1snnc1C(C)(C)C. The van der Waals surface area contributed by atoms with Crippen molar-refractivity contribution in [1.29, 1.82) is 0 Å². The van der Waals surface area contributed by atoms with Crippen LogP contribution in [0.1, 0.15) is 49.9 Å². The van der Waals surface area contributed by atoms with Gasteiger partial charge in [0.05, 0.1) is 16.6 Å². The van der Waals surface area contributed by atoms with Gasteiger partial charge in [-0.15, -0.1) is 5.10 Å². The van der Waals surface area contributed by atoms with Crippen LogP contribution in [0.25, 0.3) is 0 Å². The Bertz CT molecular complexity index is 620. The third-order valence-corrected chi connectivity index (χ3v) is 3.98. The lowest BCUT2D eigenvalue weighted by Crippen LogP contribution is -2.26. The summed E-state index contributed by atoms with van der Waals surface area (Å²) in [5.41, 5.74) is 0.885. The van der Waals surface area contributed by atoms with E-state index < -0.39 is 17.7 Å². The Morgan fingerprint density at radius 3 is 2.62 bits per heavy atom. The minimum Gasteiger partial charge on any atom is -0.306 e. The van der Waals surface area contributed by atoms with Crippen molar-refractivity contribution in [2.24, 2.45) is 0 Å². The highest BCUT2D eigenvalue weighted by atomic mass is 32.1. The van der Waals surface area contributed by atoms with E-state index in [0.29, 0.717) is 6.54 Å². The third kappa shape index (κ3) is 3.27. The molecule has 1 atom stereocenters. The van der Waals surface area contributed by atoms with Gasteiger partial charge in [0.1, 0.15) is 0 Å². The van der Waals surface area contributed by atoms with E-state index in [1.165, 1.54) is 17.6 Å². The number of aromatic nitrogens is 2. The van der Waals surface area contributed by atoms with Crippen molar-refractivity contribution < 1.29 is 8.78 Å². The molecule has 2 rings (SSSR count). The Labute approximate surface area is 127 Å². The van der Waals surface area contributed by atoms with Crippen molar-refractivity contribution in [2.45, 2.75) is 39.2 Å².